The molecule has 2 heterocycles. The summed E-state index contributed by atoms with van der Waals surface area (Å²) < 4.78 is 0. The maximum Gasteiger partial charge on any atom is 0.0119 e. The van der Waals surface area contributed by atoms with Gasteiger partial charge in [-0.15, -0.1) is 11.8 Å². The molecule has 2 heteroatoms. The molecule has 2 unspecified atom stereocenters. The van der Waals surface area contributed by atoms with Crippen molar-refractivity contribution in [3.63, 3.8) is 0 Å². The van der Waals surface area contributed by atoms with Crippen LogP contribution in [0.1, 0.15) is 38.2 Å². The summed E-state index contributed by atoms with van der Waals surface area (Å²) >= 11 is 2.04. The summed E-state index contributed by atoms with van der Waals surface area (Å²) in [5.41, 5.74) is 1.59. The van der Waals surface area contributed by atoms with E-state index in [0.29, 0.717) is 0 Å². The highest BCUT2D eigenvalue weighted by Crippen LogP contribution is 2.40. The quantitative estimate of drug-likeness (QED) is 0.809. The minimum Gasteiger partial charge on any atom is -0.299 e. The third-order valence-corrected chi connectivity index (χ3v) is 5.69. The van der Waals surface area contributed by atoms with E-state index in [9.17, 15) is 0 Å². The maximum atomic E-state index is 2.75. The fraction of sp³-hybridized carbons (Fsp3) is 0.625. The SMILES string of the molecule is CC(C)C1CCCN1CC1CSc2ccccc21. The highest BCUT2D eigenvalue weighted by molar-refractivity contribution is 7.99. The summed E-state index contributed by atoms with van der Waals surface area (Å²) in [4.78, 5) is 4.26. The lowest BCUT2D eigenvalue weighted by Gasteiger charge is -2.30. The van der Waals surface area contributed by atoms with Crippen LogP contribution in [0.2, 0.25) is 0 Å². The Kier molecular flexibility index (Phi) is 3.67. The summed E-state index contributed by atoms with van der Waals surface area (Å²) in [6.45, 7) is 7.33. The molecule has 0 bridgehead atoms. The first-order valence-electron chi connectivity index (χ1n) is 7.21. The van der Waals surface area contributed by atoms with E-state index in [-0.39, 0.29) is 0 Å². The third-order valence-electron chi connectivity index (χ3n) is 4.44. The van der Waals surface area contributed by atoms with Crippen molar-refractivity contribution in [2.45, 2.75) is 43.5 Å². The van der Waals surface area contributed by atoms with Crippen molar-refractivity contribution in [1.82, 2.24) is 4.90 Å². The van der Waals surface area contributed by atoms with E-state index in [1.54, 1.807) is 5.56 Å². The number of fused-ring (bicyclic) bond motifs is 1. The molecule has 2 atom stereocenters. The van der Waals surface area contributed by atoms with Gasteiger partial charge in [-0.25, -0.2) is 0 Å². The maximum absolute atomic E-state index is 2.75. The smallest absolute Gasteiger partial charge is 0.0119 e. The van der Waals surface area contributed by atoms with Crippen LogP contribution in [-0.2, 0) is 0 Å². The number of hydrogen-bond acceptors (Lipinski definition) is 2. The number of rotatable bonds is 3. The summed E-state index contributed by atoms with van der Waals surface area (Å²) in [7, 11) is 0. The van der Waals surface area contributed by atoms with Crippen LogP contribution in [-0.4, -0.2) is 29.8 Å². The topological polar surface area (TPSA) is 3.24 Å². The Hall–Kier alpha value is -0.470. The van der Waals surface area contributed by atoms with E-state index in [1.165, 1.54) is 36.6 Å². The van der Waals surface area contributed by atoms with Crippen molar-refractivity contribution in [2.75, 3.05) is 18.8 Å². The second kappa shape index (κ2) is 5.26. The summed E-state index contributed by atoms with van der Waals surface area (Å²) in [5, 5.41) is 0. The Bertz CT molecular complexity index is 415. The van der Waals surface area contributed by atoms with Crippen LogP contribution in [0.15, 0.2) is 29.2 Å². The molecule has 1 saturated heterocycles. The normalized spacial score (nSPS) is 27.9. The lowest BCUT2D eigenvalue weighted by molar-refractivity contribution is 0.199. The molecule has 0 radical (unpaired) electrons. The van der Waals surface area contributed by atoms with E-state index in [2.05, 4.69) is 43.0 Å². The predicted octanol–water partition coefficient (Wildman–Crippen LogP) is 4.00. The second-order valence-electron chi connectivity index (χ2n) is 5.99. The molecule has 2 aliphatic rings. The molecule has 0 spiro atoms. The fourth-order valence-electron chi connectivity index (χ4n) is 3.50. The van der Waals surface area contributed by atoms with E-state index in [0.717, 1.165) is 17.9 Å². The van der Waals surface area contributed by atoms with E-state index in [1.807, 2.05) is 11.8 Å². The lowest BCUT2D eigenvalue weighted by atomic mass is 9.98. The predicted molar refractivity (Wildman–Crippen MR) is 79.3 cm³/mol. The molecule has 98 valence electrons. The molecular formula is C16H23NS. The number of benzene rings is 1. The molecule has 1 fully saturated rings. The molecule has 0 aromatic heterocycles. The van der Waals surface area contributed by atoms with Crippen molar-refractivity contribution in [2.24, 2.45) is 5.92 Å². The van der Waals surface area contributed by atoms with Gasteiger partial charge < -0.3 is 0 Å². The first kappa shape index (κ1) is 12.6. The van der Waals surface area contributed by atoms with Gasteiger partial charge in [0.05, 0.1) is 0 Å². The van der Waals surface area contributed by atoms with E-state index < -0.39 is 0 Å². The van der Waals surface area contributed by atoms with Gasteiger partial charge in [-0.3, -0.25) is 4.90 Å². The Balaban J connectivity index is 1.71. The van der Waals surface area contributed by atoms with Crippen molar-refractivity contribution in [3.05, 3.63) is 29.8 Å². The van der Waals surface area contributed by atoms with Crippen molar-refractivity contribution < 1.29 is 0 Å². The monoisotopic (exact) mass is 261 g/mol. The molecule has 0 saturated carbocycles. The zero-order valence-corrected chi connectivity index (χ0v) is 12.2. The lowest BCUT2D eigenvalue weighted by Crippen LogP contribution is -2.36. The average molecular weight is 261 g/mol. The number of nitrogens with zero attached hydrogens (tertiary/aromatic N) is 1. The average Bonchev–Trinajstić information content (AvgIpc) is 2.97. The Labute approximate surface area is 115 Å². The third kappa shape index (κ3) is 2.33. The molecule has 1 aromatic rings. The summed E-state index contributed by atoms with van der Waals surface area (Å²) in [6, 6.07) is 9.80. The molecule has 18 heavy (non-hydrogen) atoms. The molecule has 3 rings (SSSR count). The molecule has 2 aliphatic heterocycles. The standard InChI is InChI=1S/C16H23NS/c1-12(2)15-7-5-9-17(15)10-13-11-18-16-8-4-3-6-14(13)16/h3-4,6,8,12-13,15H,5,7,9-11H2,1-2H3. The zero-order chi connectivity index (χ0) is 12.5. The largest absolute Gasteiger partial charge is 0.299 e. The van der Waals surface area contributed by atoms with Gasteiger partial charge in [-0.1, -0.05) is 32.0 Å². The molecule has 0 aliphatic carbocycles. The molecule has 0 N–H and O–H groups in total. The van der Waals surface area contributed by atoms with Gasteiger partial charge in [0.15, 0.2) is 0 Å². The first-order chi connectivity index (χ1) is 8.75. The summed E-state index contributed by atoms with van der Waals surface area (Å²) in [5.74, 6) is 2.84. The van der Waals surface area contributed by atoms with Crippen LogP contribution in [0.25, 0.3) is 0 Å². The van der Waals surface area contributed by atoms with Crippen LogP contribution in [0.4, 0.5) is 0 Å². The Morgan fingerprint density at radius 2 is 2.17 bits per heavy atom. The van der Waals surface area contributed by atoms with Gasteiger partial charge in [0.25, 0.3) is 0 Å². The van der Waals surface area contributed by atoms with Gasteiger partial charge in [-0.05, 0) is 36.9 Å². The van der Waals surface area contributed by atoms with Gasteiger partial charge in [0.1, 0.15) is 0 Å². The number of likely N-dealkylation sites (tertiary alicyclic amines) is 1. The van der Waals surface area contributed by atoms with Crippen molar-refractivity contribution in [1.29, 1.82) is 0 Å². The second-order valence-corrected chi connectivity index (χ2v) is 7.06. The molecule has 0 amide bonds. The van der Waals surface area contributed by atoms with E-state index >= 15 is 0 Å². The van der Waals surface area contributed by atoms with Crippen LogP contribution < -0.4 is 0 Å². The highest BCUT2D eigenvalue weighted by atomic mass is 32.2. The molecule has 1 nitrogen and oxygen atoms in total. The van der Waals surface area contributed by atoms with Crippen LogP contribution in [0.3, 0.4) is 0 Å². The van der Waals surface area contributed by atoms with Crippen LogP contribution in [0, 0.1) is 5.92 Å². The molecule has 1 aromatic carbocycles. The minimum atomic E-state index is 0.755. The number of hydrogen-bond donors (Lipinski definition) is 0. The highest BCUT2D eigenvalue weighted by Gasteiger charge is 2.31. The van der Waals surface area contributed by atoms with Crippen molar-refractivity contribution >= 4 is 11.8 Å². The van der Waals surface area contributed by atoms with E-state index in [4.69, 9.17) is 0 Å². The van der Waals surface area contributed by atoms with Gasteiger partial charge in [-0.2, -0.15) is 0 Å². The molecular weight excluding hydrogens is 238 g/mol. The number of thioether (sulfide) groups is 1. The fourth-order valence-corrected chi connectivity index (χ4v) is 4.74. The van der Waals surface area contributed by atoms with Crippen LogP contribution >= 0.6 is 11.8 Å². The van der Waals surface area contributed by atoms with Gasteiger partial charge >= 0.3 is 0 Å². The van der Waals surface area contributed by atoms with Gasteiger partial charge in [0, 0.05) is 29.2 Å². The Morgan fingerprint density at radius 1 is 1.33 bits per heavy atom. The summed E-state index contributed by atoms with van der Waals surface area (Å²) in [6.07, 6.45) is 2.80. The Morgan fingerprint density at radius 3 is 3.00 bits per heavy atom. The van der Waals surface area contributed by atoms with Crippen molar-refractivity contribution in [3.8, 4) is 0 Å². The zero-order valence-electron chi connectivity index (χ0n) is 11.4. The van der Waals surface area contributed by atoms with Crippen LogP contribution in [0.5, 0.6) is 0 Å². The first-order valence-corrected chi connectivity index (χ1v) is 8.20. The minimum absolute atomic E-state index is 0.755. The van der Waals surface area contributed by atoms with Gasteiger partial charge in [0.2, 0.25) is 0 Å².